The van der Waals surface area contributed by atoms with Crippen molar-refractivity contribution in [1.29, 1.82) is 10.5 Å². The van der Waals surface area contributed by atoms with Gasteiger partial charge in [0.1, 0.15) is 5.75 Å². The van der Waals surface area contributed by atoms with Crippen LogP contribution in [0.4, 0.5) is 0 Å². The molecular formula is C28H28N2O. The molecule has 1 aliphatic heterocycles. The van der Waals surface area contributed by atoms with Crippen LogP contribution in [-0.4, -0.2) is 6.61 Å². The van der Waals surface area contributed by atoms with Crippen LogP contribution in [0.3, 0.4) is 0 Å². The Hall–Kier alpha value is -3.30. The number of benzene rings is 2. The summed E-state index contributed by atoms with van der Waals surface area (Å²) in [6.45, 7) is 5.17. The monoisotopic (exact) mass is 408 g/mol. The fourth-order valence-electron chi connectivity index (χ4n) is 5.15. The first-order chi connectivity index (χ1) is 15.2. The molecule has 1 heterocycles. The summed E-state index contributed by atoms with van der Waals surface area (Å²) in [4.78, 5) is 0. The Kier molecular flexibility index (Phi) is 6.24. The summed E-state index contributed by atoms with van der Waals surface area (Å²) < 4.78 is 5.54. The zero-order chi connectivity index (χ0) is 21.8. The molecule has 3 aliphatic rings. The van der Waals surface area contributed by atoms with Gasteiger partial charge in [-0.1, -0.05) is 31.5 Å². The molecule has 0 fully saturated rings. The molecule has 0 saturated carbocycles. The van der Waals surface area contributed by atoms with E-state index in [4.69, 9.17) is 15.3 Å². The molecule has 0 spiro atoms. The van der Waals surface area contributed by atoms with E-state index < -0.39 is 0 Å². The third-order valence-corrected chi connectivity index (χ3v) is 6.55. The van der Waals surface area contributed by atoms with Crippen molar-refractivity contribution in [1.82, 2.24) is 0 Å². The fraction of sp³-hybridized carbons (Fsp3) is 0.357. The van der Waals surface area contributed by atoms with Crippen LogP contribution < -0.4 is 4.74 Å². The van der Waals surface area contributed by atoms with Crippen molar-refractivity contribution in [2.24, 2.45) is 0 Å². The summed E-state index contributed by atoms with van der Waals surface area (Å²) in [6.07, 6.45) is 10.9. The van der Waals surface area contributed by atoms with Crippen molar-refractivity contribution in [2.75, 3.05) is 6.61 Å². The lowest BCUT2D eigenvalue weighted by molar-refractivity contribution is 0.357. The number of allylic oxidation sites excluding steroid dienone is 4. The molecule has 156 valence electrons. The fourth-order valence-corrected chi connectivity index (χ4v) is 5.15. The zero-order valence-corrected chi connectivity index (χ0v) is 18.4. The SMILES string of the molecule is CCCc1c(C)ccc2c1/C(=C/C#N)CC2.N#C/C=C1\CCc2ccc3c(c21)CCO3. The van der Waals surface area contributed by atoms with E-state index in [0.717, 1.165) is 57.3 Å². The van der Waals surface area contributed by atoms with Crippen LogP contribution in [0.15, 0.2) is 36.4 Å². The van der Waals surface area contributed by atoms with Gasteiger partial charge in [-0.25, -0.2) is 0 Å². The van der Waals surface area contributed by atoms with Crippen LogP contribution in [0, 0.1) is 29.6 Å². The molecule has 3 nitrogen and oxygen atoms in total. The first-order valence-corrected chi connectivity index (χ1v) is 11.2. The van der Waals surface area contributed by atoms with Crippen LogP contribution in [0.2, 0.25) is 0 Å². The van der Waals surface area contributed by atoms with Gasteiger partial charge in [0.2, 0.25) is 0 Å². The molecule has 2 aromatic rings. The van der Waals surface area contributed by atoms with Crippen LogP contribution >= 0.6 is 0 Å². The number of nitriles is 2. The maximum atomic E-state index is 8.82. The van der Waals surface area contributed by atoms with Crippen LogP contribution in [0.25, 0.3) is 11.1 Å². The molecule has 0 radical (unpaired) electrons. The van der Waals surface area contributed by atoms with Crippen molar-refractivity contribution < 1.29 is 4.74 Å². The van der Waals surface area contributed by atoms with Gasteiger partial charge in [-0.05, 0) is 89.6 Å². The third kappa shape index (κ3) is 4.01. The Morgan fingerprint density at radius 2 is 1.52 bits per heavy atom. The van der Waals surface area contributed by atoms with Crippen molar-refractivity contribution in [3.63, 3.8) is 0 Å². The number of hydrogen-bond donors (Lipinski definition) is 0. The molecule has 0 atom stereocenters. The minimum atomic E-state index is 0.783. The molecule has 2 aromatic carbocycles. The van der Waals surface area contributed by atoms with Crippen molar-refractivity contribution >= 4 is 11.1 Å². The summed E-state index contributed by atoms with van der Waals surface area (Å²) in [5.41, 5.74) is 12.0. The van der Waals surface area contributed by atoms with Crippen molar-refractivity contribution in [3.05, 3.63) is 75.4 Å². The van der Waals surface area contributed by atoms with Crippen LogP contribution in [-0.2, 0) is 25.7 Å². The second-order valence-electron chi connectivity index (χ2n) is 8.42. The van der Waals surface area contributed by atoms with E-state index in [1.807, 2.05) is 0 Å². The average molecular weight is 409 g/mol. The molecule has 0 bridgehead atoms. The van der Waals surface area contributed by atoms with Gasteiger partial charge in [0.25, 0.3) is 0 Å². The summed E-state index contributed by atoms with van der Waals surface area (Å²) in [5, 5.41) is 17.6. The minimum absolute atomic E-state index is 0.783. The van der Waals surface area contributed by atoms with Gasteiger partial charge in [-0.2, -0.15) is 10.5 Å². The smallest absolute Gasteiger partial charge is 0.123 e. The Balaban J connectivity index is 0.000000149. The number of fused-ring (bicyclic) bond motifs is 4. The van der Waals surface area contributed by atoms with Gasteiger partial charge in [-0.3, -0.25) is 0 Å². The number of ether oxygens (including phenoxy) is 1. The molecule has 31 heavy (non-hydrogen) atoms. The third-order valence-electron chi connectivity index (χ3n) is 6.55. The van der Waals surface area contributed by atoms with E-state index in [1.54, 1.807) is 12.2 Å². The lowest BCUT2D eigenvalue weighted by Crippen LogP contribution is -1.96. The highest BCUT2D eigenvalue weighted by Crippen LogP contribution is 2.41. The van der Waals surface area contributed by atoms with Gasteiger partial charge in [0.15, 0.2) is 0 Å². The molecule has 0 unspecified atom stereocenters. The summed E-state index contributed by atoms with van der Waals surface area (Å²) in [7, 11) is 0. The Morgan fingerprint density at radius 1 is 0.871 bits per heavy atom. The highest BCUT2D eigenvalue weighted by atomic mass is 16.5. The largest absolute Gasteiger partial charge is 0.493 e. The van der Waals surface area contributed by atoms with Crippen molar-refractivity contribution in [3.8, 4) is 17.9 Å². The topological polar surface area (TPSA) is 56.8 Å². The van der Waals surface area contributed by atoms with Gasteiger partial charge >= 0.3 is 0 Å². The highest BCUT2D eigenvalue weighted by Gasteiger charge is 2.25. The number of hydrogen-bond acceptors (Lipinski definition) is 3. The van der Waals surface area contributed by atoms with E-state index in [0.29, 0.717) is 0 Å². The zero-order valence-electron chi connectivity index (χ0n) is 18.4. The van der Waals surface area contributed by atoms with Gasteiger partial charge < -0.3 is 4.74 Å². The Labute approximate surface area is 185 Å². The maximum absolute atomic E-state index is 8.82. The van der Waals surface area contributed by atoms with Crippen LogP contribution in [0.1, 0.15) is 65.1 Å². The second-order valence-corrected chi connectivity index (χ2v) is 8.42. The quantitative estimate of drug-likeness (QED) is 0.550. The average Bonchev–Trinajstić information content (AvgIpc) is 3.49. The number of rotatable bonds is 2. The van der Waals surface area contributed by atoms with E-state index in [9.17, 15) is 0 Å². The first kappa shape index (κ1) is 21.0. The van der Waals surface area contributed by atoms with E-state index in [1.165, 1.54) is 50.1 Å². The van der Waals surface area contributed by atoms with E-state index in [-0.39, 0.29) is 0 Å². The Morgan fingerprint density at radius 3 is 2.19 bits per heavy atom. The van der Waals surface area contributed by atoms with Crippen LogP contribution in [0.5, 0.6) is 5.75 Å². The molecule has 0 N–H and O–H groups in total. The normalized spacial score (nSPS) is 17.8. The predicted molar refractivity (Wildman–Crippen MR) is 125 cm³/mol. The standard InChI is InChI=1S/C15H17N.C13H11NO/c1-3-4-14-11(2)5-6-12-7-8-13(9-10-16)15(12)14;14-7-5-10-2-1-9-3-4-12-11(13(9)10)6-8-15-12/h5-6,9H,3-4,7-8H2,1-2H3;3-5H,1-2,6,8H2/b13-9+;10-5+. The highest BCUT2D eigenvalue weighted by molar-refractivity contribution is 5.79. The molecule has 5 rings (SSSR count). The molecule has 0 saturated heterocycles. The van der Waals surface area contributed by atoms with E-state index in [2.05, 4.69) is 50.3 Å². The molecule has 0 amide bonds. The van der Waals surface area contributed by atoms with Gasteiger partial charge in [0.05, 0.1) is 18.7 Å². The molecular weight excluding hydrogens is 380 g/mol. The van der Waals surface area contributed by atoms with Gasteiger partial charge in [-0.15, -0.1) is 0 Å². The summed E-state index contributed by atoms with van der Waals surface area (Å²) in [6, 6.07) is 13.0. The van der Waals surface area contributed by atoms with Crippen molar-refractivity contribution in [2.45, 2.75) is 58.8 Å². The van der Waals surface area contributed by atoms with Gasteiger partial charge in [0, 0.05) is 24.1 Å². The number of aryl methyl sites for hydroxylation is 3. The van der Waals surface area contributed by atoms with E-state index >= 15 is 0 Å². The molecule has 2 aliphatic carbocycles. The lowest BCUT2D eigenvalue weighted by atomic mass is 9.93. The lowest BCUT2D eigenvalue weighted by Gasteiger charge is -2.12. The first-order valence-electron chi connectivity index (χ1n) is 11.2. The number of nitrogens with zero attached hydrogens (tertiary/aromatic N) is 2. The Bertz CT molecular complexity index is 1160. The summed E-state index contributed by atoms with van der Waals surface area (Å²) in [5.74, 6) is 1.01. The molecule has 3 heteroatoms. The predicted octanol–water partition coefficient (Wildman–Crippen LogP) is 6.28. The maximum Gasteiger partial charge on any atom is 0.123 e. The molecule has 0 aromatic heterocycles. The minimum Gasteiger partial charge on any atom is -0.493 e. The summed E-state index contributed by atoms with van der Waals surface area (Å²) >= 11 is 0. The second kappa shape index (κ2) is 9.23.